The molecule has 2 aliphatic heterocycles. The number of aromatic nitrogens is 2. The highest BCUT2D eigenvalue weighted by Crippen LogP contribution is 2.33. The van der Waals surface area contributed by atoms with Gasteiger partial charge in [0.1, 0.15) is 5.60 Å². The van der Waals surface area contributed by atoms with E-state index in [4.69, 9.17) is 4.74 Å². The fraction of sp³-hybridized carbons (Fsp3) is 0.583. The molecule has 9 nitrogen and oxygen atoms in total. The number of piperidine rings is 1. The highest BCUT2D eigenvalue weighted by Gasteiger charge is 2.36. The summed E-state index contributed by atoms with van der Waals surface area (Å²) in [7, 11) is 1.87. The molecule has 178 valence electrons. The van der Waals surface area contributed by atoms with Crippen LogP contribution in [0.2, 0.25) is 0 Å². The number of ether oxygens (including phenoxy) is 1. The van der Waals surface area contributed by atoms with Crippen molar-refractivity contribution in [2.45, 2.75) is 71.1 Å². The third-order valence-corrected chi connectivity index (χ3v) is 6.32. The molecule has 1 aromatic heterocycles. The SMILES string of the molecule is C[C@@H]1CN(c2ccc3c(C4CCC(=O)NC4=O)nn(C)c3c2)C[C@H](C)N1C(=O)OC(C)(C)C. The number of rotatable bonds is 2. The van der Waals surface area contributed by atoms with Crippen molar-refractivity contribution in [2.75, 3.05) is 18.0 Å². The number of hydrogen-bond donors (Lipinski definition) is 1. The summed E-state index contributed by atoms with van der Waals surface area (Å²) in [4.78, 5) is 40.7. The van der Waals surface area contributed by atoms with Gasteiger partial charge in [-0.2, -0.15) is 5.10 Å². The van der Waals surface area contributed by atoms with Crippen molar-refractivity contribution in [1.82, 2.24) is 20.0 Å². The Balaban J connectivity index is 1.56. The van der Waals surface area contributed by atoms with E-state index >= 15 is 0 Å². The van der Waals surface area contributed by atoms with Crippen molar-refractivity contribution in [3.8, 4) is 0 Å². The molecule has 0 aliphatic carbocycles. The summed E-state index contributed by atoms with van der Waals surface area (Å²) in [6.45, 7) is 11.1. The van der Waals surface area contributed by atoms with Crippen LogP contribution in [0.3, 0.4) is 0 Å². The van der Waals surface area contributed by atoms with Gasteiger partial charge in [-0.1, -0.05) is 0 Å². The number of carbonyl (C=O) groups is 3. The molecule has 0 saturated carbocycles. The van der Waals surface area contributed by atoms with Crippen molar-refractivity contribution < 1.29 is 19.1 Å². The number of benzene rings is 1. The van der Waals surface area contributed by atoms with E-state index in [-0.39, 0.29) is 30.0 Å². The van der Waals surface area contributed by atoms with E-state index in [9.17, 15) is 14.4 Å². The quantitative estimate of drug-likeness (QED) is 0.700. The van der Waals surface area contributed by atoms with Gasteiger partial charge in [-0.05, 0) is 59.2 Å². The summed E-state index contributed by atoms with van der Waals surface area (Å²) < 4.78 is 7.40. The summed E-state index contributed by atoms with van der Waals surface area (Å²) >= 11 is 0. The lowest BCUT2D eigenvalue weighted by molar-refractivity contribution is -0.134. The summed E-state index contributed by atoms with van der Waals surface area (Å²) in [5.74, 6) is -0.932. The molecule has 33 heavy (non-hydrogen) atoms. The van der Waals surface area contributed by atoms with Crippen LogP contribution < -0.4 is 10.2 Å². The van der Waals surface area contributed by atoms with Crippen LogP contribution >= 0.6 is 0 Å². The molecule has 0 radical (unpaired) electrons. The first kappa shape index (κ1) is 23.1. The van der Waals surface area contributed by atoms with Crippen molar-refractivity contribution in [2.24, 2.45) is 7.05 Å². The molecule has 3 atom stereocenters. The van der Waals surface area contributed by atoms with E-state index in [1.165, 1.54) is 0 Å². The minimum atomic E-state index is -0.529. The highest BCUT2D eigenvalue weighted by atomic mass is 16.6. The van der Waals surface area contributed by atoms with E-state index in [0.717, 1.165) is 16.6 Å². The van der Waals surface area contributed by atoms with Gasteiger partial charge < -0.3 is 9.64 Å². The molecule has 1 unspecified atom stereocenters. The maximum absolute atomic E-state index is 12.7. The predicted octanol–water partition coefficient (Wildman–Crippen LogP) is 2.93. The van der Waals surface area contributed by atoms with Gasteiger partial charge in [0.15, 0.2) is 0 Å². The Bertz CT molecular complexity index is 1090. The van der Waals surface area contributed by atoms with Gasteiger partial charge in [-0.3, -0.25) is 24.5 Å². The van der Waals surface area contributed by atoms with Gasteiger partial charge in [-0.15, -0.1) is 0 Å². The summed E-state index contributed by atoms with van der Waals surface area (Å²) in [6, 6.07) is 6.11. The number of carbonyl (C=O) groups excluding carboxylic acids is 3. The molecule has 1 aromatic carbocycles. The van der Waals surface area contributed by atoms with Crippen LogP contribution in [0.5, 0.6) is 0 Å². The average molecular weight is 456 g/mol. The lowest BCUT2D eigenvalue weighted by atomic mass is 9.92. The summed E-state index contributed by atoms with van der Waals surface area (Å²) in [6.07, 6.45) is 0.517. The van der Waals surface area contributed by atoms with E-state index in [1.807, 2.05) is 58.7 Å². The van der Waals surface area contributed by atoms with Crippen LogP contribution in [0.1, 0.15) is 59.1 Å². The lowest BCUT2D eigenvalue weighted by Gasteiger charge is -2.45. The Morgan fingerprint density at radius 1 is 1.15 bits per heavy atom. The smallest absolute Gasteiger partial charge is 0.410 e. The van der Waals surface area contributed by atoms with Crippen molar-refractivity contribution in [3.63, 3.8) is 0 Å². The Morgan fingerprint density at radius 3 is 2.42 bits per heavy atom. The minimum Gasteiger partial charge on any atom is -0.444 e. The number of piperazine rings is 1. The number of amides is 3. The van der Waals surface area contributed by atoms with Crippen LogP contribution in [-0.2, 0) is 21.4 Å². The van der Waals surface area contributed by atoms with E-state index in [0.29, 0.717) is 31.6 Å². The largest absolute Gasteiger partial charge is 0.444 e. The van der Waals surface area contributed by atoms with Gasteiger partial charge >= 0.3 is 6.09 Å². The van der Waals surface area contributed by atoms with Gasteiger partial charge in [0.2, 0.25) is 11.8 Å². The van der Waals surface area contributed by atoms with Gasteiger partial charge in [0.25, 0.3) is 0 Å². The van der Waals surface area contributed by atoms with E-state index < -0.39 is 11.5 Å². The van der Waals surface area contributed by atoms with Gasteiger partial charge in [0.05, 0.1) is 29.2 Å². The first-order valence-electron chi connectivity index (χ1n) is 11.5. The Morgan fingerprint density at radius 2 is 1.82 bits per heavy atom. The number of hydrogen-bond acceptors (Lipinski definition) is 6. The molecule has 0 spiro atoms. The highest BCUT2D eigenvalue weighted by molar-refractivity contribution is 6.02. The van der Waals surface area contributed by atoms with Crippen molar-refractivity contribution >= 4 is 34.5 Å². The number of nitrogens with zero attached hydrogens (tertiary/aromatic N) is 4. The zero-order chi connectivity index (χ0) is 24.1. The number of fused-ring (bicyclic) bond motifs is 1. The van der Waals surface area contributed by atoms with Crippen LogP contribution in [0, 0.1) is 0 Å². The van der Waals surface area contributed by atoms with E-state index in [2.05, 4.69) is 21.4 Å². The van der Waals surface area contributed by atoms with Crippen LogP contribution in [0.15, 0.2) is 18.2 Å². The second-order valence-electron chi connectivity index (χ2n) is 10.2. The van der Waals surface area contributed by atoms with Crippen molar-refractivity contribution in [1.29, 1.82) is 0 Å². The van der Waals surface area contributed by atoms with Crippen molar-refractivity contribution in [3.05, 3.63) is 23.9 Å². The topological polar surface area (TPSA) is 96.8 Å². The minimum absolute atomic E-state index is 0.00938. The zero-order valence-corrected chi connectivity index (χ0v) is 20.2. The summed E-state index contributed by atoms with van der Waals surface area (Å²) in [5, 5.41) is 7.98. The molecule has 3 amide bonds. The number of imide groups is 1. The molecule has 2 saturated heterocycles. The fourth-order valence-corrected chi connectivity index (χ4v) is 4.89. The second kappa shape index (κ2) is 8.35. The molecule has 2 aliphatic rings. The lowest BCUT2D eigenvalue weighted by Crippen LogP contribution is -2.59. The second-order valence-corrected chi connectivity index (χ2v) is 10.2. The molecular formula is C24H33N5O4. The van der Waals surface area contributed by atoms with Crippen LogP contribution in [0.25, 0.3) is 10.9 Å². The normalized spacial score (nSPS) is 24.2. The average Bonchev–Trinajstić information content (AvgIpc) is 3.02. The Hall–Kier alpha value is -3.10. The molecular weight excluding hydrogens is 422 g/mol. The predicted molar refractivity (Wildman–Crippen MR) is 125 cm³/mol. The Labute approximate surface area is 194 Å². The zero-order valence-electron chi connectivity index (χ0n) is 20.2. The molecule has 0 bridgehead atoms. The third kappa shape index (κ3) is 4.54. The maximum atomic E-state index is 12.7. The van der Waals surface area contributed by atoms with E-state index in [1.54, 1.807) is 4.68 Å². The molecule has 2 fully saturated rings. The van der Waals surface area contributed by atoms with Gasteiger partial charge in [0, 0.05) is 37.6 Å². The first-order valence-corrected chi connectivity index (χ1v) is 11.5. The first-order chi connectivity index (χ1) is 15.4. The molecule has 1 N–H and O–H groups in total. The molecule has 3 heterocycles. The van der Waals surface area contributed by atoms with Crippen LogP contribution in [0.4, 0.5) is 10.5 Å². The third-order valence-electron chi connectivity index (χ3n) is 6.32. The molecule has 4 rings (SSSR count). The van der Waals surface area contributed by atoms with Gasteiger partial charge in [-0.25, -0.2) is 4.79 Å². The van der Waals surface area contributed by atoms with Crippen LogP contribution in [-0.4, -0.2) is 63.4 Å². The Kier molecular flexibility index (Phi) is 5.84. The standard InChI is InChI=1S/C24H33N5O4/c1-14-12-28(13-15(2)29(14)23(32)33-24(3,4)5)16-7-8-17-19(11-16)27(6)26-21(17)18-9-10-20(30)25-22(18)31/h7-8,11,14-15,18H,9-10,12-13H2,1-6H3,(H,25,30,31)/t14-,15+,18?. The summed E-state index contributed by atoms with van der Waals surface area (Å²) in [5.41, 5.74) is 2.16. The monoisotopic (exact) mass is 455 g/mol. The fourth-order valence-electron chi connectivity index (χ4n) is 4.89. The number of aryl methyl sites for hydroxylation is 1. The maximum Gasteiger partial charge on any atom is 0.410 e. The number of anilines is 1. The molecule has 9 heteroatoms. The number of nitrogens with one attached hydrogen (secondary N) is 1. The molecule has 2 aromatic rings.